The van der Waals surface area contributed by atoms with Gasteiger partial charge in [-0.15, -0.1) is 0 Å². The fourth-order valence-corrected chi connectivity index (χ4v) is 2.17. The zero-order valence-corrected chi connectivity index (χ0v) is 8.71. The van der Waals surface area contributed by atoms with Gasteiger partial charge in [0.05, 0.1) is 5.52 Å². The van der Waals surface area contributed by atoms with Crippen molar-refractivity contribution in [2.45, 2.75) is 0 Å². The van der Waals surface area contributed by atoms with Crippen LogP contribution in [0.15, 0.2) is 28.9 Å². The summed E-state index contributed by atoms with van der Waals surface area (Å²) in [5.74, 6) is 0. The number of aromatic nitrogens is 1. The summed E-state index contributed by atoms with van der Waals surface area (Å²) in [7, 11) is 1.93. The molecule has 0 amide bonds. The first kappa shape index (κ1) is 8.51. The topological polar surface area (TPSA) is 22.0 Å². The highest BCUT2D eigenvalue weighted by atomic mass is 79.9. The van der Waals surface area contributed by atoms with Crippen LogP contribution in [-0.4, -0.2) is 10.9 Å². The SMILES string of the molecule is Cn1cc(Br)c2cccc(C=O)c21. The molecule has 3 heteroatoms. The van der Waals surface area contributed by atoms with Crippen molar-refractivity contribution < 1.29 is 4.79 Å². The van der Waals surface area contributed by atoms with Crippen LogP contribution in [-0.2, 0) is 7.05 Å². The fourth-order valence-electron chi connectivity index (χ4n) is 1.55. The number of carbonyl (C=O) groups is 1. The molecule has 2 aromatic rings. The normalized spacial score (nSPS) is 10.6. The van der Waals surface area contributed by atoms with Crippen LogP contribution in [0.25, 0.3) is 10.9 Å². The molecule has 1 heterocycles. The predicted molar refractivity (Wildman–Crippen MR) is 56.0 cm³/mol. The van der Waals surface area contributed by atoms with Crippen LogP contribution < -0.4 is 0 Å². The first-order valence-corrected chi connectivity index (χ1v) is 4.72. The number of halogens is 1. The number of nitrogens with zero attached hydrogens (tertiary/aromatic N) is 1. The number of carbonyl (C=O) groups excluding carboxylic acids is 1. The van der Waals surface area contributed by atoms with E-state index in [2.05, 4.69) is 15.9 Å². The Hall–Kier alpha value is -1.09. The third-order valence-corrected chi connectivity index (χ3v) is 2.74. The Balaban J connectivity index is 2.96. The zero-order chi connectivity index (χ0) is 9.42. The Morgan fingerprint density at radius 2 is 2.23 bits per heavy atom. The van der Waals surface area contributed by atoms with Crippen molar-refractivity contribution in [2.24, 2.45) is 7.05 Å². The van der Waals surface area contributed by atoms with E-state index in [4.69, 9.17) is 0 Å². The molecular formula is C10H8BrNO. The second kappa shape index (κ2) is 3.00. The number of hydrogen-bond acceptors (Lipinski definition) is 1. The van der Waals surface area contributed by atoms with E-state index >= 15 is 0 Å². The van der Waals surface area contributed by atoms with Crippen molar-refractivity contribution in [2.75, 3.05) is 0 Å². The molecule has 0 bridgehead atoms. The Bertz CT molecular complexity index is 473. The zero-order valence-electron chi connectivity index (χ0n) is 7.12. The lowest BCUT2D eigenvalue weighted by Gasteiger charge is -1.98. The number of benzene rings is 1. The third-order valence-electron chi connectivity index (χ3n) is 2.11. The molecule has 0 saturated carbocycles. The average molecular weight is 238 g/mol. The maximum absolute atomic E-state index is 10.8. The van der Waals surface area contributed by atoms with E-state index in [-0.39, 0.29) is 0 Å². The van der Waals surface area contributed by atoms with Crippen molar-refractivity contribution in [1.29, 1.82) is 0 Å². The molecule has 0 atom stereocenters. The average Bonchev–Trinajstić information content (AvgIpc) is 2.43. The minimum absolute atomic E-state index is 0.728. The van der Waals surface area contributed by atoms with Crippen molar-refractivity contribution in [3.63, 3.8) is 0 Å². The lowest BCUT2D eigenvalue weighted by molar-refractivity contribution is 0.112. The van der Waals surface area contributed by atoms with Gasteiger partial charge in [0, 0.05) is 28.7 Å². The summed E-state index contributed by atoms with van der Waals surface area (Å²) in [5.41, 5.74) is 1.70. The summed E-state index contributed by atoms with van der Waals surface area (Å²) in [6, 6.07) is 5.70. The maximum atomic E-state index is 10.8. The molecule has 1 aromatic heterocycles. The summed E-state index contributed by atoms with van der Waals surface area (Å²) in [5, 5.41) is 1.08. The van der Waals surface area contributed by atoms with Gasteiger partial charge in [-0.05, 0) is 22.0 Å². The second-order valence-corrected chi connectivity index (χ2v) is 3.80. The molecule has 0 unspecified atom stereocenters. The Morgan fingerprint density at radius 3 is 2.92 bits per heavy atom. The molecule has 0 fully saturated rings. The molecule has 13 heavy (non-hydrogen) atoms. The van der Waals surface area contributed by atoms with E-state index in [1.807, 2.05) is 36.0 Å². The molecule has 0 aliphatic carbocycles. The number of aldehydes is 1. The highest BCUT2D eigenvalue weighted by Crippen LogP contribution is 2.26. The van der Waals surface area contributed by atoms with E-state index in [9.17, 15) is 4.79 Å². The van der Waals surface area contributed by atoms with Crippen LogP contribution in [0.5, 0.6) is 0 Å². The van der Waals surface area contributed by atoms with Crippen LogP contribution in [0, 0.1) is 0 Å². The van der Waals surface area contributed by atoms with Gasteiger partial charge in [0.1, 0.15) is 0 Å². The first-order valence-electron chi connectivity index (χ1n) is 3.93. The maximum Gasteiger partial charge on any atom is 0.152 e. The molecule has 0 saturated heterocycles. The van der Waals surface area contributed by atoms with Crippen LogP contribution in [0.1, 0.15) is 10.4 Å². The van der Waals surface area contributed by atoms with E-state index in [0.717, 1.165) is 27.2 Å². The van der Waals surface area contributed by atoms with E-state index in [0.29, 0.717) is 0 Å². The van der Waals surface area contributed by atoms with Gasteiger partial charge in [0.15, 0.2) is 6.29 Å². The molecule has 0 radical (unpaired) electrons. The summed E-state index contributed by atoms with van der Waals surface area (Å²) in [6.45, 7) is 0. The van der Waals surface area contributed by atoms with Crippen molar-refractivity contribution in [1.82, 2.24) is 4.57 Å². The molecule has 1 aromatic carbocycles. The molecule has 66 valence electrons. The Kier molecular flexibility index (Phi) is 1.96. The molecule has 0 N–H and O–H groups in total. The number of aryl methyl sites for hydroxylation is 1. The van der Waals surface area contributed by atoms with Crippen molar-refractivity contribution in [3.8, 4) is 0 Å². The van der Waals surface area contributed by atoms with Gasteiger partial charge in [-0.3, -0.25) is 4.79 Å². The summed E-state index contributed by atoms with van der Waals surface area (Å²) in [4.78, 5) is 10.8. The fraction of sp³-hybridized carbons (Fsp3) is 0.100. The molecule has 2 nitrogen and oxygen atoms in total. The molecule has 2 rings (SSSR count). The Labute approximate surface area is 84.3 Å². The van der Waals surface area contributed by atoms with Gasteiger partial charge in [0.2, 0.25) is 0 Å². The Morgan fingerprint density at radius 1 is 1.46 bits per heavy atom. The van der Waals surface area contributed by atoms with Gasteiger partial charge in [-0.2, -0.15) is 0 Å². The van der Waals surface area contributed by atoms with Crippen LogP contribution >= 0.6 is 15.9 Å². The highest BCUT2D eigenvalue weighted by molar-refractivity contribution is 9.10. The largest absolute Gasteiger partial charge is 0.349 e. The predicted octanol–water partition coefficient (Wildman–Crippen LogP) is 2.75. The van der Waals surface area contributed by atoms with Crippen LogP contribution in [0.3, 0.4) is 0 Å². The number of para-hydroxylation sites is 1. The van der Waals surface area contributed by atoms with Gasteiger partial charge < -0.3 is 4.57 Å². The van der Waals surface area contributed by atoms with Gasteiger partial charge in [0.25, 0.3) is 0 Å². The smallest absolute Gasteiger partial charge is 0.152 e. The number of fused-ring (bicyclic) bond motifs is 1. The van der Waals surface area contributed by atoms with E-state index < -0.39 is 0 Å². The lowest BCUT2D eigenvalue weighted by atomic mass is 10.1. The lowest BCUT2D eigenvalue weighted by Crippen LogP contribution is -1.89. The highest BCUT2D eigenvalue weighted by Gasteiger charge is 2.06. The monoisotopic (exact) mass is 237 g/mol. The molecule has 0 aliphatic heterocycles. The van der Waals surface area contributed by atoms with E-state index in [1.165, 1.54) is 0 Å². The minimum atomic E-state index is 0.728. The molecule has 0 spiro atoms. The van der Waals surface area contributed by atoms with Crippen LogP contribution in [0.2, 0.25) is 0 Å². The molecular weight excluding hydrogens is 230 g/mol. The van der Waals surface area contributed by atoms with Gasteiger partial charge in [-0.1, -0.05) is 12.1 Å². The minimum Gasteiger partial charge on any atom is -0.349 e. The number of hydrogen-bond donors (Lipinski definition) is 0. The van der Waals surface area contributed by atoms with Crippen molar-refractivity contribution in [3.05, 3.63) is 34.4 Å². The number of rotatable bonds is 1. The van der Waals surface area contributed by atoms with Gasteiger partial charge >= 0.3 is 0 Å². The third kappa shape index (κ3) is 1.20. The van der Waals surface area contributed by atoms with E-state index in [1.54, 1.807) is 0 Å². The summed E-state index contributed by atoms with van der Waals surface area (Å²) >= 11 is 3.44. The second-order valence-electron chi connectivity index (χ2n) is 2.95. The van der Waals surface area contributed by atoms with Crippen molar-refractivity contribution >= 4 is 33.1 Å². The standard InChI is InChI=1S/C10H8BrNO/c1-12-5-9(11)8-4-2-3-7(6-13)10(8)12/h2-6H,1H3. The quantitative estimate of drug-likeness (QED) is 0.700. The summed E-state index contributed by atoms with van der Waals surface area (Å²) < 4.78 is 2.97. The van der Waals surface area contributed by atoms with Crippen LogP contribution in [0.4, 0.5) is 0 Å². The van der Waals surface area contributed by atoms with Gasteiger partial charge in [-0.25, -0.2) is 0 Å². The first-order chi connectivity index (χ1) is 6.24. The summed E-state index contributed by atoms with van der Waals surface area (Å²) in [6.07, 6.45) is 2.84. The molecule has 0 aliphatic rings.